The van der Waals surface area contributed by atoms with Crippen molar-refractivity contribution in [3.05, 3.63) is 29.8 Å². The molecule has 2 rings (SSSR count). The topological polar surface area (TPSA) is 30.5 Å². The van der Waals surface area contributed by atoms with Crippen molar-refractivity contribution < 1.29 is 9.47 Å². The van der Waals surface area contributed by atoms with Crippen molar-refractivity contribution >= 4 is 0 Å². The van der Waals surface area contributed by atoms with E-state index in [9.17, 15) is 0 Å². The van der Waals surface area contributed by atoms with E-state index in [4.69, 9.17) is 9.47 Å². The maximum Gasteiger partial charge on any atom is 0.124 e. The monoisotopic (exact) mass is 221 g/mol. The molecule has 0 aliphatic carbocycles. The maximum absolute atomic E-state index is 5.98. The molecule has 1 aliphatic rings. The zero-order chi connectivity index (χ0) is 11.5. The SMILES string of the molecule is COc1ccccc1C1CNC(C)C(C)O1. The first kappa shape index (κ1) is 11.4. The molecule has 3 unspecified atom stereocenters. The first-order chi connectivity index (χ1) is 7.72. The summed E-state index contributed by atoms with van der Waals surface area (Å²) in [5.74, 6) is 0.899. The van der Waals surface area contributed by atoms with Crippen molar-refractivity contribution in [1.29, 1.82) is 0 Å². The number of benzene rings is 1. The highest BCUT2D eigenvalue weighted by Gasteiger charge is 2.27. The molecule has 3 heteroatoms. The summed E-state index contributed by atoms with van der Waals surface area (Å²) in [7, 11) is 1.70. The molecule has 0 spiro atoms. The van der Waals surface area contributed by atoms with Crippen molar-refractivity contribution in [2.75, 3.05) is 13.7 Å². The molecule has 3 atom stereocenters. The average Bonchev–Trinajstić information content (AvgIpc) is 2.32. The number of hydrogen-bond donors (Lipinski definition) is 1. The predicted molar refractivity (Wildman–Crippen MR) is 63.7 cm³/mol. The summed E-state index contributed by atoms with van der Waals surface area (Å²) >= 11 is 0. The van der Waals surface area contributed by atoms with Crippen molar-refractivity contribution in [2.24, 2.45) is 0 Å². The van der Waals surface area contributed by atoms with E-state index in [1.165, 1.54) is 0 Å². The quantitative estimate of drug-likeness (QED) is 0.830. The summed E-state index contributed by atoms with van der Waals surface area (Å²) in [6.45, 7) is 5.08. The van der Waals surface area contributed by atoms with Crippen LogP contribution in [-0.2, 0) is 4.74 Å². The molecule has 1 N–H and O–H groups in total. The fourth-order valence-electron chi connectivity index (χ4n) is 2.00. The number of hydrogen-bond acceptors (Lipinski definition) is 3. The van der Waals surface area contributed by atoms with Gasteiger partial charge in [-0.2, -0.15) is 0 Å². The summed E-state index contributed by atoms with van der Waals surface area (Å²) < 4.78 is 11.3. The molecule has 1 aliphatic heterocycles. The van der Waals surface area contributed by atoms with Gasteiger partial charge in [-0.05, 0) is 19.9 Å². The van der Waals surface area contributed by atoms with Gasteiger partial charge >= 0.3 is 0 Å². The first-order valence-corrected chi connectivity index (χ1v) is 5.74. The summed E-state index contributed by atoms with van der Waals surface area (Å²) in [6.07, 6.45) is 0.311. The Hall–Kier alpha value is -1.06. The zero-order valence-electron chi connectivity index (χ0n) is 10.1. The van der Waals surface area contributed by atoms with Crippen molar-refractivity contribution in [3.8, 4) is 5.75 Å². The Morgan fingerprint density at radius 2 is 2.06 bits per heavy atom. The van der Waals surface area contributed by atoms with Crippen LogP contribution in [0.15, 0.2) is 24.3 Å². The molecule has 0 radical (unpaired) electrons. The number of methoxy groups -OCH3 is 1. The highest BCUT2D eigenvalue weighted by molar-refractivity contribution is 5.35. The highest BCUT2D eigenvalue weighted by atomic mass is 16.5. The average molecular weight is 221 g/mol. The number of nitrogens with one attached hydrogen (secondary N) is 1. The van der Waals surface area contributed by atoms with E-state index in [-0.39, 0.29) is 12.2 Å². The smallest absolute Gasteiger partial charge is 0.124 e. The summed E-state index contributed by atoms with van der Waals surface area (Å²) in [5.41, 5.74) is 1.12. The molecule has 0 amide bonds. The van der Waals surface area contributed by atoms with E-state index in [0.717, 1.165) is 17.9 Å². The Kier molecular flexibility index (Phi) is 3.46. The largest absolute Gasteiger partial charge is 0.496 e. The van der Waals surface area contributed by atoms with Gasteiger partial charge in [-0.3, -0.25) is 0 Å². The second-order valence-electron chi connectivity index (χ2n) is 4.27. The lowest BCUT2D eigenvalue weighted by Gasteiger charge is -2.34. The Morgan fingerprint density at radius 1 is 1.31 bits per heavy atom. The Morgan fingerprint density at radius 3 is 2.75 bits per heavy atom. The molecule has 1 aromatic carbocycles. The second kappa shape index (κ2) is 4.85. The van der Waals surface area contributed by atoms with Gasteiger partial charge in [-0.1, -0.05) is 18.2 Å². The van der Waals surface area contributed by atoms with Gasteiger partial charge in [0.25, 0.3) is 0 Å². The van der Waals surface area contributed by atoms with Gasteiger partial charge < -0.3 is 14.8 Å². The van der Waals surface area contributed by atoms with Gasteiger partial charge in [-0.25, -0.2) is 0 Å². The van der Waals surface area contributed by atoms with Crippen LogP contribution in [0.1, 0.15) is 25.5 Å². The summed E-state index contributed by atoms with van der Waals surface area (Å²) in [6, 6.07) is 8.44. The summed E-state index contributed by atoms with van der Waals surface area (Å²) in [4.78, 5) is 0. The maximum atomic E-state index is 5.98. The van der Waals surface area contributed by atoms with Crippen LogP contribution >= 0.6 is 0 Å². The predicted octanol–water partition coefficient (Wildman–Crippen LogP) is 2.13. The van der Waals surface area contributed by atoms with Gasteiger partial charge in [0, 0.05) is 18.2 Å². The van der Waals surface area contributed by atoms with Gasteiger partial charge in [0.2, 0.25) is 0 Å². The number of rotatable bonds is 2. The Labute approximate surface area is 96.8 Å². The second-order valence-corrected chi connectivity index (χ2v) is 4.27. The molecule has 1 aromatic rings. The third-order valence-corrected chi connectivity index (χ3v) is 3.19. The van der Waals surface area contributed by atoms with E-state index >= 15 is 0 Å². The van der Waals surface area contributed by atoms with Crippen LogP contribution in [0.4, 0.5) is 0 Å². The Bertz CT molecular complexity index is 354. The van der Waals surface area contributed by atoms with Crippen molar-refractivity contribution in [2.45, 2.75) is 32.1 Å². The van der Waals surface area contributed by atoms with Gasteiger partial charge in [-0.15, -0.1) is 0 Å². The molecule has 1 fully saturated rings. The highest BCUT2D eigenvalue weighted by Crippen LogP contribution is 2.30. The minimum absolute atomic E-state index is 0.0855. The van der Waals surface area contributed by atoms with Gasteiger partial charge in [0.15, 0.2) is 0 Å². The molecule has 3 nitrogen and oxygen atoms in total. The van der Waals surface area contributed by atoms with Crippen LogP contribution in [-0.4, -0.2) is 25.8 Å². The molecular formula is C13H19NO2. The van der Waals surface area contributed by atoms with Crippen molar-refractivity contribution in [1.82, 2.24) is 5.32 Å². The third kappa shape index (κ3) is 2.20. The summed E-state index contributed by atoms with van der Waals surface area (Å²) in [5, 5.41) is 3.45. The van der Waals surface area contributed by atoms with E-state index in [0.29, 0.717) is 6.04 Å². The molecule has 88 valence electrons. The van der Waals surface area contributed by atoms with Crippen molar-refractivity contribution in [3.63, 3.8) is 0 Å². The fourth-order valence-corrected chi connectivity index (χ4v) is 2.00. The minimum atomic E-state index is 0.0855. The molecular weight excluding hydrogens is 202 g/mol. The van der Waals surface area contributed by atoms with Gasteiger partial charge in [0.1, 0.15) is 5.75 Å². The standard InChI is InChI=1S/C13H19NO2/c1-9-10(2)16-13(8-14-9)11-6-4-5-7-12(11)15-3/h4-7,9-10,13-14H,8H2,1-3H3. The van der Waals surface area contributed by atoms with Crippen LogP contribution in [0.5, 0.6) is 5.75 Å². The van der Waals surface area contributed by atoms with Crippen LogP contribution in [0, 0.1) is 0 Å². The normalized spacial score (nSPS) is 30.1. The fraction of sp³-hybridized carbons (Fsp3) is 0.538. The zero-order valence-corrected chi connectivity index (χ0v) is 10.1. The van der Waals surface area contributed by atoms with E-state index < -0.39 is 0 Å². The lowest BCUT2D eigenvalue weighted by molar-refractivity contribution is -0.0516. The number of ether oxygens (including phenoxy) is 2. The van der Waals surface area contributed by atoms with Gasteiger partial charge in [0.05, 0.1) is 19.3 Å². The van der Waals surface area contributed by atoms with E-state index in [1.54, 1.807) is 7.11 Å². The molecule has 0 aromatic heterocycles. The number of para-hydroxylation sites is 1. The van der Waals surface area contributed by atoms with Crippen LogP contribution in [0.25, 0.3) is 0 Å². The molecule has 0 saturated carbocycles. The Balaban J connectivity index is 2.18. The van der Waals surface area contributed by atoms with Crippen LogP contribution < -0.4 is 10.1 Å². The van der Waals surface area contributed by atoms with Crippen LogP contribution in [0.3, 0.4) is 0 Å². The molecule has 0 bridgehead atoms. The minimum Gasteiger partial charge on any atom is -0.496 e. The number of morpholine rings is 1. The first-order valence-electron chi connectivity index (χ1n) is 5.74. The molecule has 16 heavy (non-hydrogen) atoms. The third-order valence-electron chi connectivity index (χ3n) is 3.19. The molecule has 1 heterocycles. The van der Waals surface area contributed by atoms with E-state index in [1.807, 2.05) is 18.2 Å². The van der Waals surface area contributed by atoms with Crippen LogP contribution in [0.2, 0.25) is 0 Å². The lowest BCUT2D eigenvalue weighted by atomic mass is 10.0. The van der Waals surface area contributed by atoms with E-state index in [2.05, 4.69) is 25.2 Å². The lowest BCUT2D eigenvalue weighted by Crippen LogP contribution is -2.46. The molecule has 1 saturated heterocycles.